The van der Waals surface area contributed by atoms with E-state index in [0.29, 0.717) is 0 Å². The predicted octanol–water partition coefficient (Wildman–Crippen LogP) is 1.31. The number of rotatable bonds is 5. The molecular weight excluding hydrogens is 130 g/mol. The molecule has 4 nitrogen and oxygen atoms in total. The summed E-state index contributed by atoms with van der Waals surface area (Å²) in [6.07, 6.45) is 1.98. The Morgan fingerprint density at radius 1 is 1.20 bits per heavy atom. The van der Waals surface area contributed by atoms with E-state index >= 15 is 0 Å². The minimum atomic E-state index is 0. The van der Waals surface area contributed by atoms with Gasteiger partial charge in [-0.05, 0) is 12.8 Å². The highest BCUT2D eigenvalue weighted by Crippen LogP contribution is 1.92. The summed E-state index contributed by atoms with van der Waals surface area (Å²) in [6.45, 7) is 5.65. The molecule has 3 radical (unpaired) electrons. The zero-order valence-electron chi connectivity index (χ0n) is 6.58. The molecule has 0 aromatic carbocycles. The van der Waals surface area contributed by atoms with Crippen LogP contribution < -0.4 is 6.15 Å². The van der Waals surface area contributed by atoms with E-state index in [1.54, 1.807) is 5.01 Å². The Hall–Kier alpha value is -0.640. The highest BCUT2D eigenvalue weighted by molar-refractivity contribution is 4.46. The first-order valence-corrected chi connectivity index (χ1v) is 3.43. The van der Waals surface area contributed by atoms with Crippen LogP contribution in [0.15, 0.2) is 5.29 Å². The molecule has 59 valence electrons. The summed E-state index contributed by atoms with van der Waals surface area (Å²) in [7, 11) is 0. The molecule has 0 aromatic heterocycles. The third-order valence-corrected chi connectivity index (χ3v) is 1.08. The topological polar surface area (TPSA) is 63.2 Å². The lowest BCUT2D eigenvalue weighted by atomic mass is 10.4. The van der Waals surface area contributed by atoms with E-state index in [4.69, 9.17) is 0 Å². The van der Waals surface area contributed by atoms with Crippen molar-refractivity contribution in [1.29, 1.82) is 0 Å². The van der Waals surface area contributed by atoms with Gasteiger partial charge >= 0.3 is 0 Å². The maximum Gasteiger partial charge on any atom is 0.0523 e. The van der Waals surface area contributed by atoms with Gasteiger partial charge in [-0.2, -0.15) is 0 Å². The molecule has 0 aliphatic heterocycles. The van der Waals surface area contributed by atoms with Gasteiger partial charge in [-0.25, -0.2) is 0 Å². The van der Waals surface area contributed by atoms with Gasteiger partial charge in [0.2, 0.25) is 0 Å². The van der Waals surface area contributed by atoms with Crippen LogP contribution in [-0.4, -0.2) is 18.1 Å². The summed E-state index contributed by atoms with van der Waals surface area (Å²) in [5, 5.41) is 4.41. The van der Waals surface area contributed by atoms with E-state index in [9.17, 15) is 4.91 Å². The monoisotopic (exact) mass is 144 g/mol. The van der Waals surface area contributed by atoms with Crippen molar-refractivity contribution in [3.63, 3.8) is 0 Å². The fraction of sp³-hybridized carbons (Fsp3) is 1.00. The standard InChI is InChI=1S/C6H14N2O.N/c1-3-5-8(7-9)6-4-2;/h3-6H2,1-2H3;. The molecule has 10 heavy (non-hydrogen) atoms. The Balaban J connectivity index is 0. The first-order valence-electron chi connectivity index (χ1n) is 3.43. The molecule has 0 N–H and O–H groups in total. The second-order valence-corrected chi connectivity index (χ2v) is 2.04. The summed E-state index contributed by atoms with van der Waals surface area (Å²) < 4.78 is 0. The van der Waals surface area contributed by atoms with E-state index < -0.39 is 0 Å². The van der Waals surface area contributed by atoms with E-state index in [1.807, 2.05) is 13.8 Å². The fourth-order valence-electron chi connectivity index (χ4n) is 0.710. The summed E-state index contributed by atoms with van der Waals surface area (Å²) >= 11 is 0. The van der Waals surface area contributed by atoms with Crippen molar-refractivity contribution in [2.45, 2.75) is 26.7 Å². The van der Waals surface area contributed by atoms with Gasteiger partial charge in [0.25, 0.3) is 0 Å². The fourth-order valence-corrected chi connectivity index (χ4v) is 0.710. The van der Waals surface area contributed by atoms with Crippen molar-refractivity contribution in [2.75, 3.05) is 13.1 Å². The Morgan fingerprint density at radius 3 is 1.80 bits per heavy atom. The van der Waals surface area contributed by atoms with Crippen LogP contribution in [0.3, 0.4) is 0 Å². The lowest BCUT2D eigenvalue weighted by molar-refractivity contribution is 0.285. The first-order chi connectivity index (χ1) is 4.35. The Morgan fingerprint density at radius 2 is 1.60 bits per heavy atom. The van der Waals surface area contributed by atoms with E-state index in [2.05, 4.69) is 5.29 Å². The van der Waals surface area contributed by atoms with Crippen LogP contribution in [0.1, 0.15) is 26.7 Å². The van der Waals surface area contributed by atoms with Gasteiger partial charge in [-0.1, -0.05) is 13.8 Å². The van der Waals surface area contributed by atoms with Crippen LogP contribution in [0.2, 0.25) is 0 Å². The number of nitrogens with zero attached hydrogens (tertiary/aromatic N) is 3. The number of nitroso groups, excluding NO2 is 1. The zero-order valence-corrected chi connectivity index (χ0v) is 6.58. The summed E-state index contributed by atoms with van der Waals surface area (Å²) in [4.78, 5) is 9.96. The number of hydrogen-bond donors (Lipinski definition) is 0. The highest BCUT2D eigenvalue weighted by Gasteiger charge is 1.96. The van der Waals surface area contributed by atoms with E-state index in [-0.39, 0.29) is 6.15 Å². The van der Waals surface area contributed by atoms with Crippen LogP contribution in [0.4, 0.5) is 0 Å². The molecule has 0 saturated heterocycles. The molecule has 0 aromatic rings. The highest BCUT2D eigenvalue weighted by atomic mass is 16.3. The third-order valence-electron chi connectivity index (χ3n) is 1.08. The van der Waals surface area contributed by atoms with Gasteiger partial charge in [0, 0.05) is 19.2 Å². The lowest BCUT2D eigenvalue weighted by Gasteiger charge is -2.11. The summed E-state index contributed by atoms with van der Waals surface area (Å²) in [5.41, 5.74) is 0. The molecule has 0 atom stereocenters. The Kier molecular flexibility index (Phi) is 10.1. The average molecular weight is 144 g/mol. The number of hydrogen-bond acceptors (Lipinski definition) is 2. The van der Waals surface area contributed by atoms with E-state index in [0.717, 1.165) is 25.9 Å². The largest absolute Gasteiger partial charge is 0.261 e. The van der Waals surface area contributed by atoms with Crippen molar-refractivity contribution < 1.29 is 0 Å². The summed E-state index contributed by atoms with van der Waals surface area (Å²) in [6, 6.07) is 0. The first kappa shape index (κ1) is 12.1. The van der Waals surface area contributed by atoms with Gasteiger partial charge in [0.1, 0.15) is 0 Å². The van der Waals surface area contributed by atoms with Gasteiger partial charge < -0.3 is 0 Å². The van der Waals surface area contributed by atoms with Crippen LogP contribution in [0.5, 0.6) is 0 Å². The molecule has 4 heteroatoms. The maximum absolute atomic E-state index is 9.96. The Bertz CT molecular complexity index is 71.4. The SMILES string of the molecule is CCCN(CCC)N=O.[N]. The smallest absolute Gasteiger partial charge is 0.0523 e. The van der Waals surface area contributed by atoms with Crippen molar-refractivity contribution >= 4 is 0 Å². The molecule has 0 amide bonds. The van der Waals surface area contributed by atoms with Crippen molar-refractivity contribution in [1.82, 2.24) is 11.2 Å². The van der Waals surface area contributed by atoms with Gasteiger partial charge in [0.15, 0.2) is 0 Å². The van der Waals surface area contributed by atoms with Gasteiger partial charge in [-0.15, -0.1) is 4.91 Å². The van der Waals surface area contributed by atoms with Crippen LogP contribution in [0, 0.1) is 4.91 Å². The molecule has 0 saturated carbocycles. The summed E-state index contributed by atoms with van der Waals surface area (Å²) in [5.74, 6) is 0. The van der Waals surface area contributed by atoms with Crippen LogP contribution >= 0.6 is 0 Å². The van der Waals surface area contributed by atoms with E-state index in [1.165, 1.54) is 0 Å². The predicted molar refractivity (Wildman–Crippen MR) is 40.1 cm³/mol. The molecule has 0 rings (SSSR count). The minimum Gasteiger partial charge on any atom is -0.261 e. The Labute approximate surface area is 62.1 Å². The van der Waals surface area contributed by atoms with Gasteiger partial charge in [0.05, 0.1) is 5.29 Å². The lowest BCUT2D eigenvalue weighted by Crippen LogP contribution is -2.17. The van der Waals surface area contributed by atoms with Crippen molar-refractivity contribution in [2.24, 2.45) is 5.29 Å². The maximum atomic E-state index is 9.96. The molecule has 0 aliphatic rings. The quantitative estimate of drug-likeness (QED) is 0.431. The zero-order chi connectivity index (χ0) is 7.11. The van der Waals surface area contributed by atoms with Crippen molar-refractivity contribution in [3.05, 3.63) is 4.91 Å². The van der Waals surface area contributed by atoms with Crippen LogP contribution in [0.25, 0.3) is 0 Å². The third kappa shape index (κ3) is 5.50. The second-order valence-electron chi connectivity index (χ2n) is 2.04. The molecular formula is C6H14N3O. The van der Waals surface area contributed by atoms with Gasteiger partial charge in [-0.3, -0.25) is 5.01 Å². The molecule has 0 heterocycles. The van der Waals surface area contributed by atoms with Crippen LogP contribution in [-0.2, 0) is 0 Å². The molecule has 0 spiro atoms. The molecule has 0 bridgehead atoms. The molecule has 0 unspecified atom stereocenters. The minimum absolute atomic E-state index is 0. The second kappa shape index (κ2) is 8.36. The molecule has 0 aliphatic carbocycles. The normalized spacial score (nSPS) is 8.20. The average Bonchev–Trinajstić information content (AvgIpc) is 1.88. The molecule has 0 fully saturated rings. The van der Waals surface area contributed by atoms with Crippen molar-refractivity contribution in [3.8, 4) is 0 Å².